The fourth-order valence-electron chi connectivity index (χ4n) is 2.60. The Kier molecular flexibility index (Phi) is 5.72. The molecule has 8 heteroatoms. The summed E-state index contributed by atoms with van der Waals surface area (Å²) < 4.78 is 31.5. The van der Waals surface area contributed by atoms with E-state index in [1.807, 2.05) is 0 Å². The Morgan fingerprint density at radius 3 is 2.81 bits per heavy atom. The van der Waals surface area contributed by atoms with Gasteiger partial charge in [-0.2, -0.15) is 0 Å². The molecule has 1 aliphatic rings. The molecule has 0 amide bonds. The van der Waals surface area contributed by atoms with E-state index < -0.39 is 16.0 Å². The van der Waals surface area contributed by atoms with Crippen molar-refractivity contribution in [1.82, 2.24) is 9.71 Å². The van der Waals surface area contributed by atoms with Crippen molar-refractivity contribution in [3.63, 3.8) is 0 Å². The van der Waals surface area contributed by atoms with E-state index in [0.717, 1.165) is 17.8 Å². The normalized spacial score (nSPS) is 16.8. The van der Waals surface area contributed by atoms with Crippen LogP contribution >= 0.6 is 11.3 Å². The monoisotopic (exact) mass is 332 g/mol. The standard InChI is InChI=1S/C13H20N2O4S2/c1-19-12(16)11-13(20-9-14-11)21(17,18)15-8-7-10-5-3-2-4-6-10/h9-10,15H,2-8H2,1H3. The van der Waals surface area contributed by atoms with Crippen LogP contribution in [0, 0.1) is 5.92 Å². The number of nitrogens with zero attached hydrogens (tertiary/aromatic N) is 1. The average molecular weight is 332 g/mol. The van der Waals surface area contributed by atoms with E-state index in [9.17, 15) is 13.2 Å². The predicted octanol–water partition coefficient (Wildman–Crippen LogP) is 2.18. The molecule has 0 atom stereocenters. The van der Waals surface area contributed by atoms with E-state index in [-0.39, 0.29) is 9.90 Å². The number of esters is 1. The molecule has 21 heavy (non-hydrogen) atoms. The molecule has 1 aliphatic carbocycles. The van der Waals surface area contributed by atoms with Crippen LogP contribution in [0.5, 0.6) is 0 Å². The second kappa shape index (κ2) is 7.33. The molecular weight excluding hydrogens is 312 g/mol. The fourth-order valence-corrected chi connectivity index (χ4v) is 4.82. The van der Waals surface area contributed by atoms with E-state index in [1.54, 1.807) is 0 Å². The van der Waals surface area contributed by atoms with Gasteiger partial charge in [0, 0.05) is 6.54 Å². The first-order chi connectivity index (χ1) is 10.0. The second-order valence-corrected chi connectivity index (χ2v) is 7.99. The largest absolute Gasteiger partial charge is 0.464 e. The SMILES string of the molecule is COC(=O)c1ncsc1S(=O)(=O)NCCC1CCCCC1. The molecule has 0 saturated heterocycles. The number of aromatic nitrogens is 1. The molecule has 0 aromatic carbocycles. The lowest BCUT2D eigenvalue weighted by molar-refractivity contribution is 0.0590. The zero-order chi connectivity index (χ0) is 15.3. The number of nitrogens with one attached hydrogen (secondary N) is 1. The molecule has 1 heterocycles. The topological polar surface area (TPSA) is 85.4 Å². The fraction of sp³-hybridized carbons (Fsp3) is 0.692. The molecule has 6 nitrogen and oxygen atoms in total. The Bertz CT molecular complexity index is 577. The van der Waals surface area contributed by atoms with Crippen LogP contribution in [0.1, 0.15) is 49.0 Å². The van der Waals surface area contributed by atoms with Gasteiger partial charge in [-0.25, -0.2) is 22.9 Å². The van der Waals surface area contributed by atoms with Crippen molar-refractivity contribution in [1.29, 1.82) is 0 Å². The molecular formula is C13H20N2O4S2. The zero-order valence-corrected chi connectivity index (χ0v) is 13.6. The second-order valence-electron chi connectivity index (χ2n) is 5.17. The van der Waals surface area contributed by atoms with Gasteiger partial charge in [0.25, 0.3) is 10.0 Å². The highest BCUT2D eigenvalue weighted by molar-refractivity contribution is 7.91. The maximum absolute atomic E-state index is 12.2. The Balaban J connectivity index is 1.95. The number of thiazole rings is 1. The van der Waals surface area contributed by atoms with Crippen LogP contribution in [0.4, 0.5) is 0 Å². The van der Waals surface area contributed by atoms with Crippen LogP contribution in [0.3, 0.4) is 0 Å². The van der Waals surface area contributed by atoms with Gasteiger partial charge in [0.05, 0.1) is 12.6 Å². The van der Waals surface area contributed by atoms with Gasteiger partial charge in [0.15, 0.2) is 9.90 Å². The lowest BCUT2D eigenvalue weighted by Gasteiger charge is -2.21. The van der Waals surface area contributed by atoms with Crippen LogP contribution in [-0.2, 0) is 14.8 Å². The summed E-state index contributed by atoms with van der Waals surface area (Å²) in [6.07, 6.45) is 6.94. The van der Waals surface area contributed by atoms with Gasteiger partial charge in [-0.1, -0.05) is 32.1 Å². The third-order valence-corrected chi connectivity index (χ3v) is 6.56. The van der Waals surface area contributed by atoms with Gasteiger partial charge >= 0.3 is 5.97 Å². The van der Waals surface area contributed by atoms with Gasteiger partial charge in [-0.3, -0.25) is 0 Å². The first kappa shape index (κ1) is 16.4. The summed E-state index contributed by atoms with van der Waals surface area (Å²) in [6.45, 7) is 0.394. The molecule has 1 aromatic rings. The highest BCUT2D eigenvalue weighted by atomic mass is 32.2. The number of hydrogen-bond donors (Lipinski definition) is 1. The van der Waals surface area contributed by atoms with Gasteiger partial charge in [0.2, 0.25) is 0 Å². The molecule has 0 aliphatic heterocycles. The van der Waals surface area contributed by atoms with Crippen molar-refractivity contribution in [3.05, 3.63) is 11.2 Å². The number of rotatable bonds is 6. The maximum Gasteiger partial charge on any atom is 0.358 e. The van der Waals surface area contributed by atoms with Crippen molar-refractivity contribution in [2.75, 3.05) is 13.7 Å². The average Bonchev–Trinajstić information content (AvgIpc) is 2.98. The van der Waals surface area contributed by atoms with E-state index >= 15 is 0 Å². The van der Waals surface area contributed by atoms with Crippen molar-refractivity contribution in [2.24, 2.45) is 5.92 Å². The van der Waals surface area contributed by atoms with Crippen LogP contribution < -0.4 is 4.72 Å². The number of methoxy groups -OCH3 is 1. The number of carbonyl (C=O) groups excluding carboxylic acids is 1. The van der Waals surface area contributed by atoms with E-state index in [0.29, 0.717) is 12.5 Å². The Morgan fingerprint density at radius 2 is 2.14 bits per heavy atom. The van der Waals surface area contributed by atoms with Crippen LogP contribution in [0.15, 0.2) is 9.72 Å². The summed E-state index contributed by atoms with van der Waals surface area (Å²) in [6, 6.07) is 0. The van der Waals surface area contributed by atoms with Crippen molar-refractivity contribution in [2.45, 2.75) is 42.7 Å². The molecule has 1 N–H and O–H groups in total. The molecule has 118 valence electrons. The predicted molar refractivity (Wildman–Crippen MR) is 79.8 cm³/mol. The minimum Gasteiger partial charge on any atom is -0.464 e. The van der Waals surface area contributed by atoms with Crippen LogP contribution in [0.25, 0.3) is 0 Å². The summed E-state index contributed by atoms with van der Waals surface area (Å²) in [5, 5.41) is 0. The maximum atomic E-state index is 12.2. The lowest BCUT2D eigenvalue weighted by Crippen LogP contribution is -2.27. The summed E-state index contributed by atoms with van der Waals surface area (Å²) in [5.74, 6) is -0.133. The molecule has 0 spiro atoms. The summed E-state index contributed by atoms with van der Waals surface area (Å²) >= 11 is 0.924. The molecule has 1 aromatic heterocycles. The van der Waals surface area contributed by atoms with Crippen LogP contribution in [0.2, 0.25) is 0 Å². The smallest absolute Gasteiger partial charge is 0.358 e. The quantitative estimate of drug-likeness (QED) is 0.807. The molecule has 0 radical (unpaired) electrons. The van der Waals surface area contributed by atoms with Gasteiger partial charge in [-0.05, 0) is 12.3 Å². The molecule has 0 bridgehead atoms. The minimum absolute atomic E-state index is 0.0713. The van der Waals surface area contributed by atoms with Crippen molar-refractivity contribution in [3.8, 4) is 0 Å². The summed E-state index contributed by atoms with van der Waals surface area (Å²) in [4.78, 5) is 15.3. The third kappa shape index (κ3) is 4.24. The Hall–Kier alpha value is -0.990. The summed E-state index contributed by atoms with van der Waals surface area (Å²) in [7, 11) is -2.50. The lowest BCUT2D eigenvalue weighted by atomic mass is 9.87. The Labute approximate surface area is 129 Å². The van der Waals surface area contributed by atoms with Crippen molar-refractivity contribution >= 4 is 27.3 Å². The zero-order valence-electron chi connectivity index (χ0n) is 12.0. The first-order valence-corrected chi connectivity index (χ1v) is 9.42. The van der Waals surface area contributed by atoms with Crippen LogP contribution in [-0.4, -0.2) is 33.0 Å². The molecule has 2 rings (SSSR count). The number of hydrogen-bond acceptors (Lipinski definition) is 6. The number of carbonyl (C=O) groups is 1. The van der Waals surface area contributed by atoms with Crippen molar-refractivity contribution < 1.29 is 17.9 Å². The number of sulfonamides is 1. The molecule has 1 fully saturated rings. The van der Waals surface area contributed by atoms with Gasteiger partial charge in [0.1, 0.15) is 0 Å². The first-order valence-electron chi connectivity index (χ1n) is 7.06. The highest BCUT2D eigenvalue weighted by Crippen LogP contribution is 2.26. The number of ether oxygens (including phenoxy) is 1. The Morgan fingerprint density at radius 1 is 1.43 bits per heavy atom. The van der Waals surface area contributed by atoms with E-state index in [2.05, 4.69) is 14.4 Å². The van der Waals surface area contributed by atoms with Gasteiger partial charge < -0.3 is 4.74 Å². The highest BCUT2D eigenvalue weighted by Gasteiger charge is 2.26. The van der Waals surface area contributed by atoms with Gasteiger partial charge in [-0.15, -0.1) is 11.3 Å². The minimum atomic E-state index is -3.70. The van der Waals surface area contributed by atoms with E-state index in [4.69, 9.17) is 0 Å². The summed E-state index contributed by atoms with van der Waals surface area (Å²) in [5.41, 5.74) is 1.19. The third-order valence-electron chi connectivity index (χ3n) is 3.73. The molecule has 1 saturated carbocycles. The van der Waals surface area contributed by atoms with E-state index in [1.165, 1.54) is 44.7 Å². The molecule has 0 unspecified atom stereocenters.